The van der Waals surface area contributed by atoms with Crippen LogP contribution < -0.4 is 4.74 Å². The van der Waals surface area contributed by atoms with Crippen molar-refractivity contribution >= 4 is 25.8 Å². The van der Waals surface area contributed by atoms with Gasteiger partial charge in [0.25, 0.3) is 0 Å². The number of ether oxygens (including phenoxy) is 1. The van der Waals surface area contributed by atoms with Crippen LogP contribution in [0.1, 0.15) is 12.8 Å². The van der Waals surface area contributed by atoms with Crippen molar-refractivity contribution in [3.63, 3.8) is 0 Å². The smallest absolute Gasteiger partial charge is 0.175 e. The highest BCUT2D eigenvalue weighted by Crippen LogP contribution is 2.31. The number of sulfone groups is 1. The van der Waals surface area contributed by atoms with Crippen LogP contribution in [-0.2, 0) is 9.84 Å². The van der Waals surface area contributed by atoms with Crippen molar-refractivity contribution in [1.29, 1.82) is 0 Å². The first-order valence-electron chi connectivity index (χ1n) is 5.06. The Morgan fingerprint density at radius 1 is 1.38 bits per heavy atom. The standard InChI is InChI=1S/C11H13BrO3S/c1-16(13,14)11-4-2-3-9(7-11)15-10-5-8(12)6-10/h2-4,7-8,10H,5-6H2,1H3. The minimum Gasteiger partial charge on any atom is -0.490 e. The summed E-state index contributed by atoms with van der Waals surface area (Å²) in [6.07, 6.45) is 3.36. The predicted octanol–water partition coefficient (Wildman–Crippen LogP) is 2.39. The van der Waals surface area contributed by atoms with Gasteiger partial charge in [0, 0.05) is 11.1 Å². The lowest BCUT2D eigenvalue weighted by Crippen LogP contribution is -2.33. The van der Waals surface area contributed by atoms with Crippen molar-refractivity contribution in [2.75, 3.05) is 6.26 Å². The van der Waals surface area contributed by atoms with E-state index in [4.69, 9.17) is 4.74 Å². The lowest BCUT2D eigenvalue weighted by molar-refractivity contribution is 0.128. The number of benzene rings is 1. The van der Waals surface area contributed by atoms with E-state index in [9.17, 15) is 8.42 Å². The molecule has 1 aliphatic carbocycles. The summed E-state index contributed by atoms with van der Waals surface area (Å²) in [6.45, 7) is 0. The Morgan fingerprint density at radius 2 is 2.06 bits per heavy atom. The van der Waals surface area contributed by atoms with Crippen molar-refractivity contribution in [2.45, 2.75) is 28.7 Å². The maximum absolute atomic E-state index is 11.3. The van der Waals surface area contributed by atoms with E-state index in [0.717, 1.165) is 12.8 Å². The summed E-state index contributed by atoms with van der Waals surface area (Å²) >= 11 is 3.48. The van der Waals surface area contributed by atoms with Crippen LogP contribution >= 0.6 is 15.9 Å². The van der Waals surface area contributed by atoms with Crippen LogP contribution in [0.2, 0.25) is 0 Å². The van der Waals surface area contributed by atoms with Crippen LogP contribution in [0, 0.1) is 0 Å². The average molecular weight is 305 g/mol. The van der Waals surface area contributed by atoms with Crippen LogP contribution in [-0.4, -0.2) is 25.6 Å². The molecule has 5 heteroatoms. The van der Waals surface area contributed by atoms with Crippen LogP contribution in [0.3, 0.4) is 0 Å². The molecule has 1 saturated carbocycles. The molecule has 2 rings (SSSR count). The van der Waals surface area contributed by atoms with E-state index in [1.807, 2.05) is 0 Å². The molecule has 88 valence electrons. The Kier molecular flexibility index (Phi) is 3.26. The highest BCUT2D eigenvalue weighted by Gasteiger charge is 2.28. The fraction of sp³-hybridized carbons (Fsp3) is 0.455. The van der Waals surface area contributed by atoms with Gasteiger partial charge in [-0.1, -0.05) is 22.0 Å². The zero-order valence-corrected chi connectivity index (χ0v) is 11.3. The maximum atomic E-state index is 11.3. The van der Waals surface area contributed by atoms with Gasteiger partial charge in [0.2, 0.25) is 0 Å². The van der Waals surface area contributed by atoms with E-state index in [-0.39, 0.29) is 6.10 Å². The summed E-state index contributed by atoms with van der Waals surface area (Å²) in [5, 5.41) is 0. The number of alkyl halides is 1. The van der Waals surface area contributed by atoms with Crippen molar-refractivity contribution in [3.05, 3.63) is 24.3 Å². The Hall–Kier alpha value is -0.550. The molecule has 0 saturated heterocycles. The Morgan fingerprint density at radius 3 is 2.62 bits per heavy atom. The van der Waals surface area contributed by atoms with E-state index in [1.165, 1.54) is 6.26 Å². The molecule has 0 amide bonds. The van der Waals surface area contributed by atoms with E-state index < -0.39 is 9.84 Å². The number of hydrogen-bond acceptors (Lipinski definition) is 3. The summed E-state index contributed by atoms with van der Waals surface area (Å²) in [5.41, 5.74) is 0. The van der Waals surface area contributed by atoms with Gasteiger partial charge in [0.15, 0.2) is 9.84 Å². The zero-order chi connectivity index (χ0) is 11.8. The largest absolute Gasteiger partial charge is 0.490 e. The quantitative estimate of drug-likeness (QED) is 0.805. The Balaban J connectivity index is 2.11. The normalized spacial score (nSPS) is 24.9. The molecule has 1 aliphatic rings. The Labute approximate surface area is 104 Å². The third-order valence-corrected chi connectivity index (χ3v) is 4.43. The summed E-state index contributed by atoms with van der Waals surface area (Å²) in [7, 11) is -3.15. The number of halogens is 1. The molecule has 0 aromatic heterocycles. The third kappa shape index (κ3) is 2.77. The summed E-state index contributed by atoms with van der Waals surface area (Å²) in [4.78, 5) is 0.843. The van der Waals surface area contributed by atoms with Gasteiger partial charge in [-0.3, -0.25) is 0 Å². The molecule has 0 heterocycles. The van der Waals surface area contributed by atoms with Gasteiger partial charge in [-0.25, -0.2) is 8.42 Å². The molecule has 16 heavy (non-hydrogen) atoms. The summed E-state index contributed by atoms with van der Waals surface area (Å²) in [6, 6.07) is 6.65. The molecule has 0 spiro atoms. The van der Waals surface area contributed by atoms with Gasteiger partial charge >= 0.3 is 0 Å². The first kappa shape index (κ1) is 11.9. The fourth-order valence-corrected chi connectivity index (χ4v) is 3.06. The van der Waals surface area contributed by atoms with E-state index in [2.05, 4.69) is 15.9 Å². The molecular weight excluding hydrogens is 292 g/mol. The second kappa shape index (κ2) is 4.37. The van der Waals surface area contributed by atoms with Crippen LogP contribution in [0.5, 0.6) is 5.75 Å². The fourth-order valence-electron chi connectivity index (χ4n) is 1.57. The third-order valence-electron chi connectivity index (χ3n) is 2.57. The first-order chi connectivity index (χ1) is 7.45. The highest BCUT2D eigenvalue weighted by atomic mass is 79.9. The minimum atomic E-state index is -3.15. The van der Waals surface area contributed by atoms with Crippen molar-refractivity contribution in [3.8, 4) is 5.75 Å². The SMILES string of the molecule is CS(=O)(=O)c1cccc(OC2CC(Br)C2)c1. The number of rotatable bonds is 3. The van der Waals surface area contributed by atoms with Crippen LogP contribution in [0.25, 0.3) is 0 Å². The van der Waals surface area contributed by atoms with Crippen molar-refractivity contribution < 1.29 is 13.2 Å². The predicted molar refractivity (Wildman–Crippen MR) is 65.9 cm³/mol. The lowest BCUT2D eigenvalue weighted by atomic mass is 9.96. The second-order valence-electron chi connectivity index (χ2n) is 4.06. The van der Waals surface area contributed by atoms with Crippen LogP contribution in [0.15, 0.2) is 29.2 Å². The molecule has 0 N–H and O–H groups in total. The molecule has 0 unspecified atom stereocenters. The molecule has 1 fully saturated rings. The minimum absolute atomic E-state index is 0.208. The molecule has 0 atom stereocenters. The molecule has 0 bridgehead atoms. The second-order valence-corrected chi connectivity index (χ2v) is 7.37. The topological polar surface area (TPSA) is 43.4 Å². The van der Waals surface area contributed by atoms with E-state index >= 15 is 0 Å². The zero-order valence-electron chi connectivity index (χ0n) is 8.89. The van der Waals surface area contributed by atoms with Gasteiger partial charge in [-0.2, -0.15) is 0 Å². The molecular formula is C11H13BrO3S. The molecule has 1 aromatic rings. The van der Waals surface area contributed by atoms with Gasteiger partial charge < -0.3 is 4.74 Å². The molecule has 0 aliphatic heterocycles. The van der Waals surface area contributed by atoms with Crippen molar-refractivity contribution in [1.82, 2.24) is 0 Å². The number of hydrogen-bond donors (Lipinski definition) is 0. The van der Waals surface area contributed by atoms with Gasteiger partial charge in [-0.15, -0.1) is 0 Å². The summed E-state index contributed by atoms with van der Waals surface area (Å²) < 4.78 is 28.3. The summed E-state index contributed by atoms with van der Waals surface area (Å²) in [5.74, 6) is 0.632. The van der Waals surface area contributed by atoms with Gasteiger partial charge in [0.05, 0.1) is 4.90 Å². The molecule has 1 aromatic carbocycles. The first-order valence-corrected chi connectivity index (χ1v) is 7.87. The lowest BCUT2D eigenvalue weighted by Gasteiger charge is -2.31. The highest BCUT2D eigenvalue weighted by molar-refractivity contribution is 9.09. The van der Waals surface area contributed by atoms with Crippen LogP contribution in [0.4, 0.5) is 0 Å². The van der Waals surface area contributed by atoms with Crippen molar-refractivity contribution in [2.24, 2.45) is 0 Å². The monoisotopic (exact) mass is 304 g/mol. The Bertz CT molecular complexity index is 478. The average Bonchev–Trinajstić information content (AvgIpc) is 2.14. The van der Waals surface area contributed by atoms with E-state index in [1.54, 1.807) is 24.3 Å². The maximum Gasteiger partial charge on any atom is 0.175 e. The molecule has 3 nitrogen and oxygen atoms in total. The van der Waals surface area contributed by atoms with Gasteiger partial charge in [-0.05, 0) is 31.0 Å². The van der Waals surface area contributed by atoms with E-state index in [0.29, 0.717) is 15.5 Å². The van der Waals surface area contributed by atoms with Gasteiger partial charge in [0.1, 0.15) is 11.9 Å². The molecule has 0 radical (unpaired) electrons.